The fourth-order valence-electron chi connectivity index (χ4n) is 0.214. The van der Waals surface area contributed by atoms with Gasteiger partial charge in [-0.25, -0.2) is 5.84 Å². The van der Waals surface area contributed by atoms with Crippen LogP contribution in [-0.2, 0) is 0 Å². The molecule has 0 atom stereocenters. The van der Waals surface area contributed by atoms with Gasteiger partial charge in [-0.05, 0) is 0 Å². The van der Waals surface area contributed by atoms with Crippen LogP contribution in [0.3, 0.4) is 0 Å². The number of nitrogens with one attached hydrogen (secondary N) is 1. The van der Waals surface area contributed by atoms with E-state index in [4.69, 9.17) is 17.0 Å². The van der Waals surface area contributed by atoms with E-state index in [1.54, 1.807) is 0 Å². The Bertz CT molecular complexity index is 52.9. The van der Waals surface area contributed by atoms with E-state index in [0.717, 1.165) is 6.34 Å². The van der Waals surface area contributed by atoms with Gasteiger partial charge in [-0.15, -0.1) is 0 Å². The zero-order valence-corrected chi connectivity index (χ0v) is 4.09. The van der Waals surface area contributed by atoms with Crippen molar-refractivity contribution >= 4 is 6.34 Å². The predicted octanol–water partition coefficient (Wildman–Crippen LogP) is -1.27. The van der Waals surface area contributed by atoms with Gasteiger partial charge in [0.25, 0.3) is 0 Å². The predicted molar refractivity (Wildman–Crippen MR) is 28.7 cm³/mol. The van der Waals surface area contributed by atoms with Crippen LogP contribution in [0.2, 0.25) is 0 Å². The van der Waals surface area contributed by atoms with Gasteiger partial charge in [-0.1, -0.05) is 0 Å². The topological polar surface area (TPSA) is 79.1 Å². The van der Waals surface area contributed by atoms with Crippen LogP contribution in [0.25, 0.3) is 0 Å². The van der Waals surface area contributed by atoms with Gasteiger partial charge in [-0.3, -0.25) is 5.41 Å². The maximum Gasteiger partial charge on any atom is 0.0959 e. The minimum Gasteiger partial charge on any atom is -0.329 e. The van der Waals surface area contributed by atoms with Crippen LogP contribution in [0.5, 0.6) is 0 Å². The van der Waals surface area contributed by atoms with Crippen molar-refractivity contribution in [3.05, 3.63) is 0 Å². The number of rotatable bonds is 3. The van der Waals surface area contributed by atoms with E-state index < -0.39 is 0 Å². The molecule has 0 bridgehead atoms. The van der Waals surface area contributed by atoms with Crippen LogP contribution < -0.4 is 11.6 Å². The molecule has 0 fully saturated rings. The van der Waals surface area contributed by atoms with Crippen molar-refractivity contribution in [2.24, 2.45) is 11.6 Å². The van der Waals surface area contributed by atoms with E-state index in [-0.39, 0.29) is 0 Å². The number of nitrogens with two attached hydrogens (primary N) is 2. The largest absolute Gasteiger partial charge is 0.329 e. The molecule has 0 aromatic heterocycles. The highest BCUT2D eigenvalue weighted by atomic mass is 15.4. The zero-order chi connectivity index (χ0) is 5.70. The molecule has 0 aliphatic carbocycles. The highest BCUT2D eigenvalue weighted by molar-refractivity contribution is 5.49. The van der Waals surface area contributed by atoms with Crippen LogP contribution in [0, 0.1) is 5.41 Å². The lowest BCUT2D eigenvalue weighted by Crippen LogP contribution is -2.33. The molecule has 0 heterocycles. The molecule has 0 unspecified atom stereocenters. The molecule has 5 N–H and O–H groups in total. The maximum absolute atomic E-state index is 6.53. The van der Waals surface area contributed by atoms with E-state index in [9.17, 15) is 0 Å². The first-order chi connectivity index (χ1) is 3.31. The standard InChI is InChI=1S/C3H10N4/c4-1-2-7(6)3-5/h3,5H,1-2,4,6H2. The quantitative estimate of drug-likeness (QED) is 0.180. The highest BCUT2D eigenvalue weighted by Crippen LogP contribution is 1.61. The average Bonchev–Trinajstić information content (AvgIpc) is 1.68. The maximum atomic E-state index is 6.53. The SMILES string of the molecule is N=CN(N)CCN. The van der Waals surface area contributed by atoms with Gasteiger partial charge in [0.1, 0.15) is 0 Å². The lowest BCUT2D eigenvalue weighted by molar-refractivity contribution is 0.462. The highest BCUT2D eigenvalue weighted by Gasteiger charge is 1.83. The number of nitrogens with zero attached hydrogens (tertiary/aromatic N) is 1. The Labute approximate surface area is 42.6 Å². The van der Waals surface area contributed by atoms with Gasteiger partial charge in [0.2, 0.25) is 0 Å². The summed E-state index contributed by atoms with van der Waals surface area (Å²) >= 11 is 0. The molecule has 0 rings (SSSR count). The van der Waals surface area contributed by atoms with Crippen LogP contribution in [-0.4, -0.2) is 24.4 Å². The second-order valence-electron chi connectivity index (χ2n) is 1.16. The molecule has 4 nitrogen and oxygen atoms in total. The lowest BCUT2D eigenvalue weighted by Gasteiger charge is -2.07. The molecule has 0 aliphatic heterocycles. The Hall–Kier alpha value is -0.610. The Morgan fingerprint density at radius 3 is 2.43 bits per heavy atom. The summed E-state index contributed by atoms with van der Waals surface area (Å²) in [6.07, 6.45) is 1.03. The van der Waals surface area contributed by atoms with E-state index in [1.165, 1.54) is 5.01 Å². The Kier molecular flexibility index (Phi) is 3.26. The van der Waals surface area contributed by atoms with Gasteiger partial charge in [0.05, 0.1) is 6.34 Å². The van der Waals surface area contributed by atoms with Crippen molar-refractivity contribution in [3.63, 3.8) is 0 Å². The average molecular weight is 102 g/mol. The van der Waals surface area contributed by atoms with Crippen LogP contribution in [0.1, 0.15) is 0 Å². The molecular weight excluding hydrogens is 92.1 g/mol. The molecule has 0 aromatic carbocycles. The van der Waals surface area contributed by atoms with Crippen LogP contribution in [0.15, 0.2) is 0 Å². The van der Waals surface area contributed by atoms with E-state index >= 15 is 0 Å². The molecule has 7 heavy (non-hydrogen) atoms. The van der Waals surface area contributed by atoms with Crippen molar-refractivity contribution in [1.29, 1.82) is 5.41 Å². The summed E-state index contributed by atoms with van der Waals surface area (Å²) < 4.78 is 0. The minimum absolute atomic E-state index is 0.492. The first kappa shape index (κ1) is 6.39. The first-order valence-electron chi connectivity index (χ1n) is 2.03. The van der Waals surface area contributed by atoms with Gasteiger partial charge in [0.15, 0.2) is 0 Å². The molecule has 0 spiro atoms. The molecule has 0 radical (unpaired) electrons. The third-order valence-electron chi connectivity index (χ3n) is 0.553. The molecule has 0 aromatic rings. The van der Waals surface area contributed by atoms with Gasteiger partial charge in [0, 0.05) is 13.1 Å². The smallest absolute Gasteiger partial charge is 0.0959 e. The summed E-state index contributed by atoms with van der Waals surface area (Å²) in [6.45, 7) is 1.04. The minimum atomic E-state index is 0.492. The summed E-state index contributed by atoms with van der Waals surface area (Å²) in [4.78, 5) is 0. The number of hydrogen-bond acceptors (Lipinski definition) is 3. The van der Waals surface area contributed by atoms with Gasteiger partial charge in [-0.2, -0.15) is 0 Å². The second kappa shape index (κ2) is 3.58. The van der Waals surface area contributed by atoms with E-state index in [2.05, 4.69) is 0 Å². The third kappa shape index (κ3) is 3.21. The zero-order valence-electron chi connectivity index (χ0n) is 4.09. The van der Waals surface area contributed by atoms with Crippen molar-refractivity contribution in [2.45, 2.75) is 0 Å². The van der Waals surface area contributed by atoms with Crippen molar-refractivity contribution in [1.82, 2.24) is 5.01 Å². The fraction of sp³-hybridized carbons (Fsp3) is 0.667. The van der Waals surface area contributed by atoms with Crippen molar-refractivity contribution in [3.8, 4) is 0 Å². The summed E-state index contributed by atoms with van der Waals surface area (Å²) in [6, 6.07) is 0. The molecular formula is C3H10N4. The first-order valence-corrected chi connectivity index (χ1v) is 2.03. The van der Waals surface area contributed by atoms with Gasteiger partial charge >= 0.3 is 0 Å². The Morgan fingerprint density at radius 1 is 1.71 bits per heavy atom. The van der Waals surface area contributed by atoms with E-state index in [1.807, 2.05) is 0 Å². The number of hydrazine groups is 1. The number of hydrogen-bond donors (Lipinski definition) is 3. The molecule has 0 aliphatic rings. The monoisotopic (exact) mass is 102 g/mol. The van der Waals surface area contributed by atoms with Gasteiger partial charge < -0.3 is 10.7 Å². The van der Waals surface area contributed by atoms with Crippen molar-refractivity contribution in [2.75, 3.05) is 13.1 Å². The second-order valence-corrected chi connectivity index (χ2v) is 1.16. The Balaban J connectivity index is 2.98. The summed E-state index contributed by atoms with van der Waals surface area (Å²) in [7, 11) is 0. The summed E-state index contributed by atoms with van der Waals surface area (Å²) in [5.41, 5.74) is 5.08. The van der Waals surface area contributed by atoms with E-state index in [0.29, 0.717) is 13.1 Å². The molecule has 0 saturated carbocycles. The molecule has 4 heteroatoms. The third-order valence-corrected chi connectivity index (χ3v) is 0.553. The molecule has 42 valence electrons. The summed E-state index contributed by atoms with van der Waals surface area (Å²) in [5.74, 6) is 5.09. The van der Waals surface area contributed by atoms with Crippen LogP contribution in [0.4, 0.5) is 0 Å². The van der Waals surface area contributed by atoms with Crippen molar-refractivity contribution < 1.29 is 0 Å². The summed E-state index contributed by atoms with van der Waals surface area (Å²) in [5, 5.41) is 7.75. The lowest BCUT2D eigenvalue weighted by atomic mass is 10.6. The normalized spacial score (nSPS) is 8.29. The Morgan fingerprint density at radius 2 is 2.29 bits per heavy atom. The fourth-order valence-corrected chi connectivity index (χ4v) is 0.214. The molecule has 0 amide bonds. The van der Waals surface area contributed by atoms with Crippen LogP contribution >= 0.6 is 0 Å². The molecule has 0 saturated heterocycles.